The number of carbonyl (C=O) groups excluding carboxylic acids is 2. The van der Waals surface area contributed by atoms with E-state index in [2.05, 4.69) is 10.6 Å². The van der Waals surface area contributed by atoms with Gasteiger partial charge >= 0.3 is 0 Å². The number of nitrogens with two attached hydrogens (primary N) is 1. The number of nitrogens with one attached hydrogen (secondary N) is 3. The number of aliphatic hydroxyl groups excluding tert-OH is 1. The zero-order valence-corrected chi connectivity index (χ0v) is 23.1. The van der Waals surface area contributed by atoms with Crippen molar-refractivity contribution >= 4 is 17.6 Å². The number of carbonyl (C=O) groups is 2. The van der Waals surface area contributed by atoms with E-state index in [4.69, 9.17) is 11.1 Å². The molecule has 0 saturated carbocycles. The number of aliphatic hydroxyl groups is 1. The van der Waals surface area contributed by atoms with Crippen LogP contribution in [0.5, 0.6) is 0 Å². The summed E-state index contributed by atoms with van der Waals surface area (Å²) in [5.74, 6) is -0.539. The van der Waals surface area contributed by atoms with Gasteiger partial charge in [-0.25, -0.2) is 0 Å². The Morgan fingerprint density at radius 1 is 0.780 bits per heavy atom. The van der Waals surface area contributed by atoms with Crippen molar-refractivity contribution in [3.05, 3.63) is 131 Å². The lowest BCUT2D eigenvalue weighted by molar-refractivity contribution is -0.119. The predicted molar refractivity (Wildman–Crippen MR) is 163 cm³/mol. The summed E-state index contributed by atoms with van der Waals surface area (Å²) in [7, 11) is 0. The molecule has 2 atom stereocenters. The van der Waals surface area contributed by atoms with Gasteiger partial charge in [-0.2, -0.15) is 0 Å². The Morgan fingerprint density at radius 2 is 1.41 bits per heavy atom. The van der Waals surface area contributed by atoms with Gasteiger partial charge in [0.25, 0.3) is 5.91 Å². The van der Waals surface area contributed by atoms with Crippen molar-refractivity contribution in [3.8, 4) is 11.1 Å². The summed E-state index contributed by atoms with van der Waals surface area (Å²) < 4.78 is 0. The first-order valence-corrected chi connectivity index (χ1v) is 13.6. The minimum Gasteiger partial charge on any atom is -0.396 e. The van der Waals surface area contributed by atoms with Gasteiger partial charge in [0.1, 0.15) is 5.84 Å². The molecule has 210 valence electrons. The molecule has 0 spiro atoms. The monoisotopic (exact) mass is 548 g/mol. The lowest BCUT2D eigenvalue weighted by Crippen LogP contribution is -2.44. The molecule has 4 rings (SSSR count). The molecule has 2 amide bonds. The third kappa shape index (κ3) is 8.37. The van der Waals surface area contributed by atoms with Gasteiger partial charge < -0.3 is 21.5 Å². The Hall–Kier alpha value is -4.75. The average molecular weight is 549 g/mol. The number of hydrogen-bond donors (Lipinski definition) is 5. The van der Waals surface area contributed by atoms with Crippen molar-refractivity contribution in [2.75, 3.05) is 6.61 Å². The van der Waals surface area contributed by atoms with Crippen molar-refractivity contribution in [1.82, 2.24) is 10.6 Å². The van der Waals surface area contributed by atoms with Crippen LogP contribution in [-0.2, 0) is 24.2 Å². The molecule has 0 saturated heterocycles. The number of hydrogen-bond acceptors (Lipinski definition) is 4. The second-order valence-electron chi connectivity index (χ2n) is 10.2. The first kappa shape index (κ1) is 29.2. The largest absolute Gasteiger partial charge is 0.396 e. The summed E-state index contributed by atoms with van der Waals surface area (Å²) in [5, 5.41) is 24.1. The molecule has 41 heavy (non-hydrogen) atoms. The first-order chi connectivity index (χ1) is 19.8. The van der Waals surface area contributed by atoms with Gasteiger partial charge in [-0.15, -0.1) is 0 Å². The summed E-state index contributed by atoms with van der Waals surface area (Å²) in [6.45, 7) is 1.86. The van der Waals surface area contributed by atoms with Crippen LogP contribution in [0.3, 0.4) is 0 Å². The van der Waals surface area contributed by atoms with Crippen LogP contribution in [0, 0.1) is 11.3 Å². The maximum absolute atomic E-state index is 13.4. The Kier molecular flexibility index (Phi) is 10.0. The topological polar surface area (TPSA) is 128 Å². The quantitative estimate of drug-likeness (QED) is 0.132. The summed E-state index contributed by atoms with van der Waals surface area (Å²) in [4.78, 5) is 24.6. The fourth-order valence-corrected chi connectivity index (χ4v) is 4.81. The van der Waals surface area contributed by atoms with Crippen LogP contribution in [-0.4, -0.2) is 35.4 Å². The van der Waals surface area contributed by atoms with Gasteiger partial charge in [0.15, 0.2) is 0 Å². The van der Waals surface area contributed by atoms with Crippen molar-refractivity contribution in [2.45, 2.75) is 32.4 Å². The van der Waals surface area contributed by atoms with E-state index in [9.17, 15) is 14.7 Å². The maximum Gasteiger partial charge on any atom is 0.251 e. The summed E-state index contributed by atoms with van der Waals surface area (Å²) in [6, 6.07) is 32.4. The molecule has 4 aromatic rings. The molecule has 0 fully saturated rings. The van der Waals surface area contributed by atoms with Crippen LogP contribution in [0.2, 0.25) is 0 Å². The van der Waals surface area contributed by atoms with Crippen molar-refractivity contribution < 1.29 is 14.7 Å². The molecule has 0 aliphatic rings. The molecule has 7 nitrogen and oxygen atoms in total. The lowest BCUT2D eigenvalue weighted by atomic mass is 9.88. The maximum atomic E-state index is 13.4. The summed E-state index contributed by atoms with van der Waals surface area (Å²) in [6.07, 6.45) is 1.08. The van der Waals surface area contributed by atoms with Crippen LogP contribution in [0.25, 0.3) is 11.1 Å². The van der Waals surface area contributed by atoms with E-state index >= 15 is 0 Å². The third-order valence-electron chi connectivity index (χ3n) is 7.13. The van der Waals surface area contributed by atoms with Gasteiger partial charge in [-0.1, -0.05) is 84.9 Å². The molecule has 0 aromatic heterocycles. The molecule has 0 heterocycles. The summed E-state index contributed by atoms with van der Waals surface area (Å²) >= 11 is 0. The first-order valence-electron chi connectivity index (χ1n) is 13.6. The molecular formula is C34H36N4O3. The molecule has 2 unspecified atom stereocenters. The standard InChI is InChI=1S/C34H36N4O3/c1-23(40)37-21-25-10-12-27(13-11-25)28-14-16-29(17-15-28)34(41)38-32(20-24-6-3-2-4-7-24)31(22-39)19-26-8-5-9-30(18-26)33(35)36/h2-18,31-32,39H,19-22H2,1H3,(H3,35,36)(H,37,40)(H,38,41). The van der Waals surface area contributed by atoms with Crippen LogP contribution in [0.15, 0.2) is 103 Å². The van der Waals surface area contributed by atoms with Crippen LogP contribution < -0.4 is 16.4 Å². The highest BCUT2D eigenvalue weighted by atomic mass is 16.3. The molecular weight excluding hydrogens is 512 g/mol. The second-order valence-corrected chi connectivity index (χ2v) is 10.2. The molecule has 0 aliphatic carbocycles. The number of benzene rings is 4. The van der Waals surface area contributed by atoms with Gasteiger partial charge in [0, 0.05) is 43.2 Å². The molecule has 0 bridgehead atoms. The van der Waals surface area contributed by atoms with Crippen molar-refractivity contribution in [2.24, 2.45) is 11.7 Å². The van der Waals surface area contributed by atoms with E-state index < -0.39 is 0 Å². The highest BCUT2D eigenvalue weighted by molar-refractivity contribution is 5.95. The fourth-order valence-electron chi connectivity index (χ4n) is 4.81. The van der Waals surface area contributed by atoms with Gasteiger partial charge in [-0.05, 0) is 58.9 Å². The van der Waals surface area contributed by atoms with E-state index in [0.717, 1.165) is 27.8 Å². The minimum absolute atomic E-state index is 0.00841. The zero-order chi connectivity index (χ0) is 29.2. The van der Waals surface area contributed by atoms with E-state index in [1.807, 2.05) is 84.9 Å². The normalized spacial score (nSPS) is 12.2. The minimum atomic E-state index is -0.327. The second kappa shape index (κ2) is 14.1. The number of nitrogen functional groups attached to an aromatic ring is 1. The molecule has 7 heteroatoms. The highest BCUT2D eigenvalue weighted by Gasteiger charge is 2.24. The van der Waals surface area contributed by atoms with Gasteiger partial charge in [-0.3, -0.25) is 15.0 Å². The molecule has 0 aliphatic heterocycles. The Bertz CT molecular complexity index is 1470. The third-order valence-corrected chi connectivity index (χ3v) is 7.13. The average Bonchev–Trinajstić information content (AvgIpc) is 2.99. The Morgan fingerprint density at radius 3 is 2.02 bits per heavy atom. The summed E-state index contributed by atoms with van der Waals surface area (Å²) in [5.41, 5.74) is 11.8. The smallest absolute Gasteiger partial charge is 0.251 e. The predicted octanol–water partition coefficient (Wildman–Crippen LogP) is 4.47. The van der Waals surface area contributed by atoms with Crippen LogP contribution in [0.4, 0.5) is 0 Å². The molecule has 6 N–H and O–H groups in total. The number of amidine groups is 1. The van der Waals surface area contributed by atoms with E-state index in [1.165, 1.54) is 6.92 Å². The van der Waals surface area contributed by atoms with Crippen molar-refractivity contribution in [3.63, 3.8) is 0 Å². The number of amides is 2. The lowest BCUT2D eigenvalue weighted by Gasteiger charge is -2.27. The van der Waals surface area contributed by atoms with Crippen LogP contribution >= 0.6 is 0 Å². The molecule has 4 aromatic carbocycles. The molecule has 0 radical (unpaired) electrons. The SMILES string of the molecule is CC(=O)NCc1ccc(-c2ccc(C(=O)NC(Cc3ccccc3)C(CO)Cc3cccc(C(=N)N)c3)cc2)cc1. The van der Waals surface area contributed by atoms with E-state index in [0.29, 0.717) is 30.5 Å². The van der Waals surface area contributed by atoms with Crippen molar-refractivity contribution in [1.29, 1.82) is 5.41 Å². The Labute approximate surface area is 240 Å². The fraction of sp³-hybridized carbons (Fsp3) is 0.206. The number of rotatable bonds is 12. The van der Waals surface area contributed by atoms with Gasteiger partial charge in [0.05, 0.1) is 0 Å². The van der Waals surface area contributed by atoms with Gasteiger partial charge in [0.2, 0.25) is 5.91 Å². The van der Waals surface area contributed by atoms with E-state index in [-0.39, 0.29) is 36.2 Å². The highest BCUT2D eigenvalue weighted by Crippen LogP contribution is 2.22. The van der Waals surface area contributed by atoms with E-state index in [1.54, 1.807) is 18.2 Å². The Balaban J connectivity index is 1.50. The van der Waals surface area contributed by atoms with Crippen LogP contribution in [0.1, 0.15) is 39.5 Å². The zero-order valence-electron chi connectivity index (χ0n) is 23.1.